The first kappa shape index (κ1) is 17.5. The average Bonchev–Trinajstić information content (AvgIpc) is 3.11. The topological polar surface area (TPSA) is 74.2 Å². The molecule has 0 bridgehead atoms. The second kappa shape index (κ2) is 7.08. The van der Waals surface area contributed by atoms with Crippen LogP contribution in [0.3, 0.4) is 0 Å². The molecule has 0 saturated carbocycles. The van der Waals surface area contributed by atoms with Crippen molar-refractivity contribution in [2.75, 3.05) is 26.2 Å². The van der Waals surface area contributed by atoms with E-state index in [4.69, 9.17) is 5.73 Å². The Bertz CT molecular complexity index is 995. The van der Waals surface area contributed by atoms with Crippen molar-refractivity contribution in [1.29, 1.82) is 0 Å². The number of H-pyrrole nitrogens is 1. The molecule has 5 nitrogen and oxygen atoms in total. The Hall–Kier alpha value is -2.63. The third-order valence-electron chi connectivity index (χ3n) is 6.42. The van der Waals surface area contributed by atoms with Crippen LogP contribution in [-0.4, -0.2) is 48.0 Å². The van der Waals surface area contributed by atoms with E-state index in [1.807, 2.05) is 12.1 Å². The molecule has 1 aromatic heterocycles. The summed E-state index contributed by atoms with van der Waals surface area (Å²) in [6, 6.07) is 17.4. The number of carbonyl (C=O) groups is 1. The molecule has 5 rings (SSSR count). The highest BCUT2D eigenvalue weighted by Crippen LogP contribution is 2.32. The van der Waals surface area contributed by atoms with Gasteiger partial charge in [0, 0.05) is 30.2 Å². The number of carbonyl (C=O) groups excluding carboxylic acids is 1. The highest BCUT2D eigenvalue weighted by atomic mass is 16.1. The quantitative estimate of drug-likeness (QED) is 0.657. The Kier molecular flexibility index (Phi) is 4.41. The maximum absolute atomic E-state index is 11.7. The maximum Gasteiger partial charge on any atom is 0.250 e. The summed E-state index contributed by atoms with van der Waals surface area (Å²) in [4.78, 5) is 17.7. The highest BCUT2D eigenvalue weighted by Gasteiger charge is 2.28. The second-order valence-electron chi connectivity index (χ2n) is 8.06. The number of para-hydroxylation sites is 1. The highest BCUT2D eigenvalue weighted by molar-refractivity contribution is 6.06. The fourth-order valence-electron chi connectivity index (χ4n) is 4.58. The molecule has 144 valence electrons. The van der Waals surface area contributed by atoms with Crippen LogP contribution < -0.4 is 11.1 Å². The van der Waals surface area contributed by atoms with E-state index in [1.165, 1.54) is 31.5 Å². The molecule has 1 amide bonds. The van der Waals surface area contributed by atoms with Crippen molar-refractivity contribution in [3.8, 4) is 11.3 Å². The number of nitrogens with one attached hydrogen (secondary N) is 2. The number of hydrogen-bond donors (Lipinski definition) is 3. The number of primary amides is 1. The van der Waals surface area contributed by atoms with Crippen LogP contribution >= 0.6 is 0 Å². The molecule has 3 heterocycles. The number of likely N-dealkylation sites (tertiary alicyclic amines) is 1. The first-order valence-corrected chi connectivity index (χ1v) is 10.2. The van der Waals surface area contributed by atoms with Gasteiger partial charge in [-0.15, -0.1) is 0 Å². The van der Waals surface area contributed by atoms with E-state index in [1.54, 1.807) is 6.07 Å². The van der Waals surface area contributed by atoms with Crippen molar-refractivity contribution in [1.82, 2.24) is 15.2 Å². The van der Waals surface area contributed by atoms with Crippen LogP contribution in [0.2, 0.25) is 0 Å². The Morgan fingerprint density at radius 1 is 1.04 bits per heavy atom. The molecule has 5 heteroatoms. The monoisotopic (exact) mass is 374 g/mol. The van der Waals surface area contributed by atoms with Crippen LogP contribution in [0.5, 0.6) is 0 Å². The van der Waals surface area contributed by atoms with Gasteiger partial charge >= 0.3 is 0 Å². The molecule has 0 radical (unpaired) electrons. The lowest BCUT2D eigenvalue weighted by molar-refractivity contribution is 0.100. The zero-order chi connectivity index (χ0) is 19.1. The van der Waals surface area contributed by atoms with Gasteiger partial charge in [-0.2, -0.15) is 0 Å². The van der Waals surface area contributed by atoms with E-state index in [0.29, 0.717) is 11.5 Å². The molecule has 4 N–H and O–H groups in total. The lowest BCUT2D eigenvalue weighted by atomic mass is 9.88. The summed E-state index contributed by atoms with van der Waals surface area (Å²) in [5.74, 6) is 0.251. The lowest BCUT2D eigenvalue weighted by Gasteiger charge is -2.42. The maximum atomic E-state index is 11.7. The number of rotatable bonds is 4. The average molecular weight is 374 g/mol. The zero-order valence-electron chi connectivity index (χ0n) is 15.9. The van der Waals surface area contributed by atoms with Gasteiger partial charge in [-0.05, 0) is 55.1 Å². The number of nitrogens with zero attached hydrogens (tertiary/aromatic N) is 1. The third-order valence-corrected chi connectivity index (χ3v) is 6.42. The minimum atomic E-state index is -0.404. The number of amides is 1. The summed E-state index contributed by atoms with van der Waals surface area (Å²) < 4.78 is 0. The van der Waals surface area contributed by atoms with Crippen LogP contribution in [0, 0.1) is 0 Å². The van der Waals surface area contributed by atoms with Gasteiger partial charge in [0.05, 0.1) is 11.1 Å². The fraction of sp³-hybridized carbons (Fsp3) is 0.348. The van der Waals surface area contributed by atoms with Crippen molar-refractivity contribution in [2.45, 2.75) is 24.8 Å². The molecule has 0 spiro atoms. The molecule has 28 heavy (non-hydrogen) atoms. The molecular weight excluding hydrogens is 348 g/mol. The van der Waals surface area contributed by atoms with Gasteiger partial charge < -0.3 is 16.0 Å². The van der Waals surface area contributed by atoms with Gasteiger partial charge in [-0.3, -0.25) is 9.69 Å². The fourth-order valence-corrected chi connectivity index (χ4v) is 4.58. The number of aromatic nitrogens is 1. The van der Waals surface area contributed by atoms with Gasteiger partial charge in [0.25, 0.3) is 5.91 Å². The summed E-state index contributed by atoms with van der Waals surface area (Å²) in [6.07, 6.45) is 2.48. The summed E-state index contributed by atoms with van der Waals surface area (Å²) in [6.45, 7) is 4.72. The van der Waals surface area contributed by atoms with Crippen molar-refractivity contribution < 1.29 is 4.79 Å². The summed E-state index contributed by atoms with van der Waals surface area (Å²) in [5, 5.41) is 4.38. The summed E-state index contributed by atoms with van der Waals surface area (Å²) in [5.41, 5.74) is 10.4. The summed E-state index contributed by atoms with van der Waals surface area (Å²) in [7, 11) is 0. The van der Waals surface area contributed by atoms with E-state index >= 15 is 0 Å². The zero-order valence-corrected chi connectivity index (χ0v) is 15.9. The molecule has 2 aliphatic rings. The molecule has 2 saturated heterocycles. The smallest absolute Gasteiger partial charge is 0.250 e. The Balaban J connectivity index is 1.33. The third kappa shape index (κ3) is 3.11. The standard InChI is InChI=1S/C23H26N4O/c24-23(28)20-3-1-2-18-12-21(26-22(18)20)17-6-4-15(5-7-17)16-8-10-27(11-9-16)19-13-25-14-19/h1-7,12,16,19,25-26H,8-11,13-14H2,(H2,24,28). The second-order valence-corrected chi connectivity index (χ2v) is 8.06. The predicted molar refractivity (Wildman–Crippen MR) is 112 cm³/mol. The Morgan fingerprint density at radius 3 is 2.43 bits per heavy atom. The van der Waals surface area contributed by atoms with E-state index in [9.17, 15) is 4.79 Å². The number of piperidine rings is 1. The number of nitrogens with two attached hydrogens (primary N) is 1. The van der Waals surface area contributed by atoms with Gasteiger partial charge in [-0.25, -0.2) is 0 Å². The Labute approximate surface area is 164 Å². The van der Waals surface area contributed by atoms with Crippen molar-refractivity contribution in [3.63, 3.8) is 0 Å². The predicted octanol–water partition coefficient (Wildman–Crippen LogP) is 3.09. The normalized spacial score (nSPS) is 19.0. The molecule has 0 unspecified atom stereocenters. The summed E-state index contributed by atoms with van der Waals surface area (Å²) >= 11 is 0. The van der Waals surface area contributed by atoms with Crippen LogP contribution in [0.1, 0.15) is 34.7 Å². The SMILES string of the molecule is NC(=O)c1cccc2cc(-c3ccc(C4CCN(C5CNC5)CC4)cc3)[nH]c12. The number of fused-ring (bicyclic) bond motifs is 1. The molecule has 2 aliphatic heterocycles. The van der Waals surface area contributed by atoms with Crippen molar-refractivity contribution in [3.05, 3.63) is 59.7 Å². The molecular formula is C23H26N4O. The first-order chi connectivity index (χ1) is 13.7. The molecule has 0 atom stereocenters. The number of benzene rings is 2. The van der Waals surface area contributed by atoms with E-state index in [0.717, 1.165) is 41.3 Å². The van der Waals surface area contributed by atoms with Gasteiger partial charge in [0.1, 0.15) is 0 Å². The van der Waals surface area contributed by atoms with E-state index in [2.05, 4.69) is 45.5 Å². The van der Waals surface area contributed by atoms with Gasteiger partial charge in [0.2, 0.25) is 0 Å². The lowest BCUT2D eigenvalue weighted by Crippen LogP contribution is -2.58. The molecule has 0 aliphatic carbocycles. The van der Waals surface area contributed by atoms with Crippen LogP contribution in [0.15, 0.2) is 48.5 Å². The largest absolute Gasteiger partial charge is 0.366 e. The number of aromatic amines is 1. The van der Waals surface area contributed by atoms with Gasteiger partial charge in [0.15, 0.2) is 0 Å². The molecule has 2 fully saturated rings. The van der Waals surface area contributed by atoms with Crippen LogP contribution in [-0.2, 0) is 0 Å². The minimum absolute atomic E-state index is 0.404. The van der Waals surface area contributed by atoms with E-state index < -0.39 is 5.91 Å². The molecule has 3 aromatic rings. The van der Waals surface area contributed by atoms with Gasteiger partial charge in [-0.1, -0.05) is 36.4 Å². The first-order valence-electron chi connectivity index (χ1n) is 10.2. The van der Waals surface area contributed by atoms with Crippen LogP contribution in [0.25, 0.3) is 22.2 Å². The minimum Gasteiger partial charge on any atom is -0.366 e. The van der Waals surface area contributed by atoms with Crippen molar-refractivity contribution in [2.24, 2.45) is 5.73 Å². The van der Waals surface area contributed by atoms with Crippen LogP contribution in [0.4, 0.5) is 0 Å². The van der Waals surface area contributed by atoms with E-state index in [-0.39, 0.29) is 0 Å². The molecule has 2 aromatic carbocycles. The number of hydrogen-bond acceptors (Lipinski definition) is 3. The van der Waals surface area contributed by atoms with Crippen molar-refractivity contribution >= 4 is 16.8 Å². The Morgan fingerprint density at radius 2 is 1.79 bits per heavy atom.